The number of nitrogens with one attached hydrogen (secondary N) is 1. The maximum Gasteiger partial charge on any atom is 0.161 e. The quantitative estimate of drug-likeness (QED) is 0.844. The first-order valence-corrected chi connectivity index (χ1v) is 8.02. The molecule has 0 atom stereocenters. The van der Waals surface area contributed by atoms with Crippen LogP contribution in [0.3, 0.4) is 0 Å². The van der Waals surface area contributed by atoms with Gasteiger partial charge in [0.25, 0.3) is 0 Å². The highest BCUT2D eigenvalue weighted by molar-refractivity contribution is 9.10. The molecule has 1 aromatic carbocycles. The van der Waals surface area contributed by atoms with Gasteiger partial charge in [-0.15, -0.1) is 0 Å². The first kappa shape index (κ1) is 15.4. The molecular weight excluding hydrogens is 338 g/mol. The predicted octanol–water partition coefficient (Wildman–Crippen LogP) is 4.13. The molecule has 0 saturated heterocycles. The van der Waals surface area contributed by atoms with Crippen molar-refractivity contribution in [3.05, 3.63) is 44.1 Å². The molecular formula is C15H18BrNO2S. The fraction of sp³-hybridized carbons (Fsp3) is 0.333. The highest BCUT2D eigenvalue weighted by atomic mass is 79.9. The third kappa shape index (κ3) is 3.53. The molecule has 2 aromatic rings. The van der Waals surface area contributed by atoms with Gasteiger partial charge >= 0.3 is 0 Å². The van der Waals surface area contributed by atoms with Gasteiger partial charge in [0.05, 0.1) is 14.2 Å². The molecule has 0 aliphatic heterocycles. The molecule has 20 heavy (non-hydrogen) atoms. The Morgan fingerprint density at radius 3 is 2.30 bits per heavy atom. The van der Waals surface area contributed by atoms with E-state index in [0.29, 0.717) is 0 Å². The minimum Gasteiger partial charge on any atom is -0.493 e. The lowest BCUT2D eigenvalue weighted by Crippen LogP contribution is -2.13. The van der Waals surface area contributed by atoms with Crippen LogP contribution in [0.25, 0.3) is 0 Å². The molecule has 0 spiro atoms. The summed E-state index contributed by atoms with van der Waals surface area (Å²) in [5.74, 6) is 1.48. The molecule has 0 radical (unpaired) electrons. The van der Waals surface area contributed by atoms with Crippen LogP contribution < -0.4 is 14.8 Å². The average Bonchev–Trinajstić information content (AvgIpc) is 2.85. The van der Waals surface area contributed by atoms with Crippen molar-refractivity contribution in [3.63, 3.8) is 0 Å². The van der Waals surface area contributed by atoms with E-state index in [0.717, 1.165) is 34.6 Å². The van der Waals surface area contributed by atoms with Crippen LogP contribution >= 0.6 is 27.3 Å². The zero-order valence-corrected chi connectivity index (χ0v) is 14.2. The lowest BCUT2D eigenvalue weighted by molar-refractivity contribution is 0.354. The minimum absolute atomic E-state index is 0.733. The standard InChI is InChI=1S/C15H18BrNO2S/c1-10-8-20-9-12(10)7-17-6-11-4-14(18-2)15(19-3)5-13(11)16/h4-5,8-9,17H,6-7H2,1-3H3. The average molecular weight is 356 g/mol. The second-order valence-electron chi connectivity index (χ2n) is 4.48. The molecule has 1 N–H and O–H groups in total. The number of benzene rings is 1. The predicted molar refractivity (Wildman–Crippen MR) is 86.8 cm³/mol. The van der Waals surface area contributed by atoms with Gasteiger partial charge in [-0.2, -0.15) is 11.3 Å². The van der Waals surface area contributed by atoms with Crippen LogP contribution in [-0.4, -0.2) is 14.2 Å². The zero-order valence-electron chi connectivity index (χ0n) is 11.8. The number of hydrogen-bond donors (Lipinski definition) is 1. The Kier molecular flexibility index (Phi) is 5.46. The topological polar surface area (TPSA) is 30.5 Å². The fourth-order valence-corrected chi connectivity index (χ4v) is 3.25. The number of thiophene rings is 1. The highest BCUT2D eigenvalue weighted by Crippen LogP contribution is 2.33. The number of aryl methyl sites for hydroxylation is 1. The molecule has 0 aliphatic rings. The molecule has 0 unspecified atom stereocenters. The summed E-state index contributed by atoms with van der Waals surface area (Å²) in [6.45, 7) is 3.78. The molecule has 0 aliphatic carbocycles. The Bertz CT molecular complexity index is 583. The van der Waals surface area contributed by atoms with Crippen LogP contribution in [-0.2, 0) is 13.1 Å². The van der Waals surface area contributed by atoms with Gasteiger partial charge in [-0.05, 0) is 46.5 Å². The lowest BCUT2D eigenvalue weighted by atomic mass is 10.2. The van der Waals surface area contributed by atoms with Crippen molar-refractivity contribution in [1.29, 1.82) is 0 Å². The largest absolute Gasteiger partial charge is 0.493 e. The van der Waals surface area contributed by atoms with E-state index in [2.05, 4.69) is 38.9 Å². The van der Waals surface area contributed by atoms with Crippen LogP contribution in [0.1, 0.15) is 16.7 Å². The van der Waals surface area contributed by atoms with E-state index in [1.807, 2.05) is 12.1 Å². The first-order chi connectivity index (χ1) is 9.65. The Balaban J connectivity index is 2.04. The van der Waals surface area contributed by atoms with Crippen molar-refractivity contribution in [1.82, 2.24) is 5.32 Å². The minimum atomic E-state index is 0.733. The van der Waals surface area contributed by atoms with Crippen LogP contribution in [0.5, 0.6) is 11.5 Å². The molecule has 2 rings (SSSR count). The van der Waals surface area contributed by atoms with E-state index in [1.54, 1.807) is 25.6 Å². The monoisotopic (exact) mass is 355 g/mol. The Labute approximate surface area is 132 Å². The molecule has 0 bridgehead atoms. The molecule has 0 fully saturated rings. The van der Waals surface area contributed by atoms with Gasteiger partial charge in [-0.25, -0.2) is 0 Å². The van der Waals surface area contributed by atoms with Gasteiger partial charge in [0, 0.05) is 17.6 Å². The second-order valence-corrected chi connectivity index (χ2v) is 6.08. The number of hydrogen-bond acceptors (Lipinski definition) is 4. The van der Waals surface area contributed by atoms with E-state index >= 15 is 0 Å². The lowest BCUT2D eigenvalue weighted by Gasteiger charge is -2.12. The maximum atomic E-state index is 5.33. The van der Waals surface area contributed by atoms with Crippen LogP contribution in [0.15, 0.2) is 27.4 Å². The van der Waals surface area contributed by atoms with Gasteiger partial charge in [0.15, 0.2) is 11.5 Å². The molecule has 1 heterocycles. The molecule has 0 saturated carbocycles. The summed E-state index contributed by atoms with van der Waals surface area (Å²) in [5.41, 5.74) is 3.84. The Morgan fingerprint density at radius 2 is 1.70 bits per heavy atom. The summed E-state index contributed by atoms with van der Waals surface area (Å²) in [6, 6.07) is 3.93. The van der Waals surface area contributed by atoms with E-state index in [9.17, 15) is 0 Å². The second kappa shape index (κ2) is 7.11. The van der Waals surface area contributed by atoms with Crippen LogP contribution in [0.2, 0.25) is 0 Å². The summed E-state index contributed by atoms with van der Waals surface area (Å²) in [7, 11) is 3.29. The number of ether oxygens (including phenoxy) is 2. The third-order valence-electron chi connectivity index (χ3n) is 3.15. The van der Waals surface area contributed by atoms with Gasteiger partial charge in [0.1, 0.15) is 0 Å². The van der Waals surface area contributed by atoms with Crippen molar-refractivity contribution in [2.75, 3.05) is 14.2 Å². The zero-order chi connectivity index (χ0) is 14.5. The SMILES string of the molecule is COc1cc(Br)c(CNCc2cscc2C)cc1OC. The van der Waals surface area contributed by atoms with E-state index in [4.69, 9.17) is 9.47 Å². The van der Waals surface area contributed by atoms with Crippen molar-refractivity contribution >= 4 is 27.3 Å². The molecule has 5 heteroatoms. The highest BCUT2D eigenvalue weighted by Gasteiger charge is 2.09. The van der Waals surface area contributed by atoms with E-state index in [1.165, 1.54) is 11.1 Å². The van der Waals surface area contributed by atoms with Crippen molar-refractivity contribution in [2.45, 2.75) is 20.0 Å². The van der Waals surface area contributed by atoms with Crippen molar-refractivity contribution in [2.24, 2.45) is 0 Å². The number of rotatable bonds is 6. The van der Waals surface area contributed by atoms with Crippen LogP contribution in [0.4, 0.5) is 0 Å². The number of halogens is 1. The van der Waals surface area contributed by atoms with Gasteiger partial charge in [0.2, 0.25) is 0 Å². The smallest absolute Gasteiger partial charge is 0.161 e. The molecule has 3 nitrogen and oxygen atoms in total. The van der Waals surface area contributed by atoms with Gasteiger partial charge in [-0.3, -0.25) is 0 Å². The van der Waals surface area contributed by atoms with Crippen molar-refractivity contribution in [3.8, 4) is 11.5 Å². The molecule has 0 amide bonds. The van der Waals surface area contributed by atoms with Gasteiger partial charge < -0.3 is 14.8 Å². The van der Waals surface area contributed by atoms with E-state index < -0.39 is 0 Å². The summed E-state index contributed by atoms with van der Waals surface area (Å²) < 4.78 is 11.6. The first-order valence-electron chi connectivity index (χ1n) is 6.28. The summed E-state index contributed by atoms with van der Waals surface area (Å²) in [5, 5.41) is 7.81. The molecule has 1 aromatic heterocycles. The van der Waals surface area contributed by atoms with E-state index in [-0.39, 0.29) is 0 Å². The fourth-order valence-electron chi connectivity index (χ4n) is 1.93. The van der Waals surface area contributed by atoms with Crippen LogP contribution in [0, 0.1) is 6.92 Å². The Hall–Kier alpha value is -1.04. The molecule has 108 valence electrons. The van der Waals surface area contributed by atoms with Crippen molar-refractivity contribution < 1.29 is 9.47 Å². The Morgan fingerprint density at radius 1 is 1.05 bits per heavy atom. The summed E-state index contributed by atoms with van der Waals surface area (Å²) in [6.07, 6.45) is 0. The maximum absolute atomic E-state index is 5.33. The number of methoxy groups -OCH3 is 2. The summed E-state index contributed by atoms with van der Waals surface area (Å²) >= 11 is 5.31. The third-order valence-corrected chi connectivity index (χ3v) is 4.79. The van der Waals surface area contributed by atoms with Gasteiger partial charge in [-0.1, -0.05) is 15.9 Å². The normalized spacial score (nSPS) is 10.6. The summed E-state index contributed by atoms with van der Waals surface area (Å²) in [4.78, 5) is 0.